The van der Waals surface area contributed by atoms with Crippen LogP contribution in [0.4, 0.5) is 0 Å². The first kappa shape index (κ1) is 17.2. The predicted octanol–water partition coefficient (Wildman–Crippen LogP) is 3.28. The van der Waals surface area contributed by atoms with Gasteiger partial charge in [-0.2, -0.15) is 0 Å². The number of hydrogen-bond acceptors (Lipinski definition) is 5. The third kappa shape index (κ3) is 4.05. The summed E-state index contributed by atoms with van der Waals surface area (Å²) >= 11 is 1.40. The van der Waals surface area contributed by atoms with Crippen LogP contribution in [0.2, 0.25) is 0 Å². The molecule has 0 amide bonds. The lowest BCUT2D eigenvalue weighted by atomic mass is 10.0. The second-order valence-electron chi connectivity index (χ2n) is 6.66. The molecule has 0 spiro atoms. The minimum Gasteiger partial charge on any atom is -0.388 e. The van der Waals surface area contributed by atoms with Crippen LogP contribution in [0.25, 0.3) is 0 Å². The van der Waals surface area contributed by atoms with Crippen LogP contribution < -0.4 is 0 Å². The molecule has 1 aromatic heterocycles. The zero-order chi connectivity index (χ0) is 17.1. The number of nitrogens with zero attached hydrogens (tertiary/aromatic N) is 3. The number of rotatable bonds is 8. The number of benzene rings is 1. The lowest BCUT2D eigenvalue weighted by Gasteiger charge is -2.08. The molecule has 0 radical (unpaired) electrons. The molecule has 6 heteroatoms. The molecule has 0 saturated heterocycles. The van der Waals surface area contributed by atoms with E-state index in [0.29, 0.717) is 23.5 Å². The van der Waals surface area contributed by atoms with Gasteiger partial charge in [0, 0.05) is 11.6 Å². The average Bonchev–Trinajstić information content (AvgIpc) is 3.32. The van der Waals surface area contributed by atoms with Crippen LogP contribution in [-0.4, -0.2) is 31.4 Å². The van der Waals surface area contributed by atoms with Gasteiger partial charge in [0.15, 0.2) is 16.8 Å². The Balaban J connectivity index is 1.62. The fraction of sp³-hybridized carbons (Fsp3) is 0.500. The number of hydrogen-bond donors (Lipinski definition) is 1. The first-order valence-corrected chi connectivity index (χ1v) is 9.36. The summed E-state index contributed by atoms with van der Waals surface area (Å²) in [7, 11) is 0. The number of aromatic nitrogens is 3. The van der Waals surface area contributed by atoms with Crippen LogP contribution in [0.3, 0.4) is 0 Å². The fourth-order valence-corrected chi connectivity index (χ4v) is 3.64. The topological polar surface area (TPSA) is 68.0 Å². The summed E-state index contributed by atoms with van der Waals surface area (Å²) in [4.78, 5) is 12.4. The van der Waals surface area contributed by atoms with Crippen LogP contribution >= 0.6 is 11.8 Å². The van der Waals surface area contributed by atoms with E-state index in [9.17, 15) is 9.90 Å². The minimum absolute atomic E-state index is 0.0898. The molecule has 1 aliphatic carbocycles. The van der Waals surface area contributed by atoms with Crippen LogP contribution in [0.5, 0.6) is 0 Å². The van der Waals surface area contributed by atoms with Gasteiger partial charge in [-0.15, -0.1) is 10.2 Å². The van der Waals surface area contributed by atoms with Gasteiger partial charge >= 0.3 is 0 Å². The second-order valence-corrected chi connectivity index (χ2v) is 7.61. The number of aliphatic hydroxyl groups is 1. The van der Waals surface area contributed by atoms with E-state index in [1.807, 2.05) is 28.8 Å². The summed E-state index contributed by atoms with van der Waals surface area (Å²) in [6.45, 7) is 4.26. The SMILES string of the molecule is CC(C)Cc1ccc(C(=O)CSc2nnc(CO)n2C2CC2)cc1. The molecule has 1 aliphatic rings. The molecule has 128 valence electrons. The van der Waals surface area contributed by atoms with Gasteiger partial charge < -0.3 is 9.67 Å². The summed E-state index contributed by atoms with van der Waals surface area (Å²) in [5.41, 5.74) is 1.99. The lowest BCUT2D eigenvalue weighted by Crippen LogP contribution is -2.06. The highest BCUT2D eigenvalue weighted by atomic mass is 32.2. The van der Waals surface area contributed by atoms with Gasteiger partial charge in [-0.3, -0.25) is 4.79 Å². The van der Waals surface area contributed by atoms with Crippen molar-refractivity contribution in [3.05, 3.63) is 41.2 Å². The highest BCUT2D eigenvalue weighted by molar-refractivity contribution is 7.99. The van der Waals surface area contributed by atoms with Crippen molar-refractivity contribution in [3.8, 4) is 0 Å². The quantitative estimate of drug-likeness (QED) is 0.587. The van der Waals surface area contributed by atoms with E-state index in [1.54, 1.807) is 0 Å². The van der Waals surface area contributed by atoms with E-state index in [-0.39, 0.29) is 12.4 Å². The number of ketones is 1. The van der Waals surface area contributed by atoms with Crippen molar-refractivity contribution in [2.75, 3.05) is 5.75 Å². The Morgan fingerprint density at radius 3 is 2.58 bits per heavy atom. The molecule has 0 atom stereocenters. The zero-order valence-corrected chi connectivity index (χ0v) is 14.9. The Morgan fingerprint density at radius 1 is 1.29 bits per heavy atom. The van der Waals surface area contributed by atoms with Crippen molar-refractivity contribution < 1.29 is 9.90 Å². The third-order valence-electron chi connectivity index (χ3n) is 4.04. The Labute approximate surface area is 146 Å². The molecule has 3 rings (SSSR count). The van der Waals surface area contributed by atoms with Crippen molar-refractivity contribution in [1.82, 2.24) is 14.8 Å². The number of thioether (sulfide) groups is 1. The monoisotopic (exact) mass is 345 g/mol. The minimum atomic E-state index is -0.116. The van der Waals surface area contributed by atoms with E-state index in [4.69, 9.17) is 0 Å². The van der Waals surface area contributed by atoms with Crippen LogP contribution in [0.1, 0.15) is 54.5 Å². The Kier molecular flexibility index (Phi) is 5.36. The lowest BCUT2D eigenvalue weighted by molar-refractivity contribution is 0.102. The highest BCUT2D eigenvalue weighted by Crippen LogP contribution is 2.38. The molecule has 2 aromatic rings. The van der Waals surface area contributed by atoms with Gasteiger partial charge in [0.05, 0.1) is 5.75 Å². The zero-order valence-electron chi connectivity index (χ0n) is 14.1. The second kappa shape index (κ2) is 7.49. The fourth-order valence-electron chi connectivity index (χ4n) is 2.72. The number of carbonyl (C=O) groups is 1. The number of aliphatic hydroxyl groups excluding tert-OH is 1. The smallest absolute Gasteiger partial charge is 0.191 e. The van der Waals surface area contributed by atoms with Gasteiger partial charge in [-0.25, -0.2) is 0 Å². The molecule has 1 N–H and O–H groups in total. The molecule has 0 unspecified atom stereocenters. The van der Waals surface area contributed by atoms with Crippen LogP contribution in [0.15, 0.2) is 29.4 Å². The van der Waals surface area contributed by atoms with Crippen LogP contribution in [0, 0.1) is 5.92 Å². The Bertz CT molecular complexity index is 706. The van der Waals surface area contributed by atoms with Crippen molar-refractivity contribution >= 4 is 17.5 Å². The normalized spacial score (nSPS) is 14.3. The molecule has 24 heavy (non-hydrogen) atoms. The summed E-state index contributed by atoms with van der Waals surface area (Å²) in [5, 5.41) is 18.2. The van der Waals surface area contributed by atoms with Gasteiger partial charge in [-0.05, 0) is 30.7 Å². The molecule has 1 heterocycles. The Morgan fingerprint density at radius 2 is 2.00 bits per heavy atom. The molecular weight excluding hydrogens is 322 g/mol. The van der Waals surface area contributed by atoms with E-state index >= 15 is 0 Å². The number of Topliss-reactive ketones (excluding diaryl/α,β-unsaturated/α-hetero) is 1. The summed E-state index contributed by atoms with van der Waals surface area (Å²) < 4.78 is 1.98. The summed E-state index contributed by atoms with van der Waals surface area (Å²) in [6.07, 6.45) is 3.20. The maximum atomic E-state index is 12.4. The third-order valence-corrected chi connectivity index (χ3v) is 4.98. The molecule has 0 bridgehead atoms. The first-order valence-electron chi connectivity index (χ1n) is 8.38. The number of carbonyl (C=O) groups excluding carboxylic acids is 1. The molecule has 1 aromatic carbocycles. The van der Waals surface area contributed by atoms with Gasteiger partial charge in [0.25, 0.3) is 0 Å². The van der Waals surface area contributed by atoms with Crippen molar-refractivity contribution in [2.45, 2.75) is 50.9 Å². The highest BCUT2D eigenvalue weighted by Gasteiger charge is 2.29. The van der Waals surface area contributed by atoms with Crippen molar-refractivity contribution in [2.24, 2.45) is 5.92 Å². The van der Waals surface area contributed by atoms with E-state index < -0.39 is 0 Å². The molecule has 1 saturated carbocycles. The molecule has 5 nitrogen and oxygen atoms in total. The van der Waals surface area contributed by atoms with E-state index in [0.717, 1.165) is 30.0 Å². The largest absolute Gasteiger partial charge is 0.388 e. The van der Waals surface area contributed by atoms with Crippen molar-refractivity contribution in [3.63, 3.8) is 0 Å². The van der Waals surface area contributed by atoms with E-state index in [2.05, 4.69) is 24.0 Å². The maximum absolute atomic E-state index is 12.4. The summed E-state index contributed by atoms with van der Waals surface area (Å²) in [6, 6.07) is 8.27. The first-order chi connectivity index (χ1) is 11.6. The molecule has 1 fully saturated rings. The maximum Gasteiger partial charge on any atom is 0.191 e. The predicted molar refractivity (Wildman–Crippen MR) is 94.3 cm³/mol. The van der Waals surface area contributed by atoms with E-state index in [1.165, 1.54) is 17.3 Å². The van der Waals surface area contributed by atoms with Crippen LogP contribution in [-0.2, 0) is 13.0 Å². The standard InChI is InChI=1S/C18H23N3O2S/c1-12(2)9-13-3-5-14(6-4-13)16(23)11-24-18-20-19-17(10-22)21(18)15-7-8-15/h3-6,12,15,22H,7-11H2,1-2H3. The van der Waals surface area contributed by atoms with Gasteiger partial charge in [0.2, 0.25) is 0 Å². The molecular formula is C18H23N3O2S. The van der Waals surface area contributed by atoms with Gasteiger partial charge in [0.1, 0.15) is 6.61 Å². The Hall–Kier alpha value is -1.66. The van der Waals surface area contributed by atoms with Gasteiger partial charge in [-0.1, -0.05) is 49.9 Å². The summed E-state index contributed by atoms with van der Waals surface area (Å²) in [5.74, 6) is 1.62. The van der Waals surface area contributed by atoms with Crippen molar-refractivity contribution in [1.29, 1.82) is 0 Å². The average molecular weight is 345 g/mol. The molecule has 0 aliphatic heterocycles.